The summed E-state index contributed by atoms with van der Waals surface area (Å²) in [5, 5.41) is 34.7. The molecule has 0 saturated carbocycles. The summed E-state index contributed by atoms with van der Waals surface area (Å²) < 4.78 is 10.7. The summed E-state index contributed by atoms with van der Waals surface area (Å²) in [6.45, 7) is 35.8. The van der Waals surface area contributed by atoms with Crippen molar-refractivity contribution in [1.82, 2.24) is 17.8 Å². The van der Waals surface area contributed by atoms with Crippen LogP contribution in [-0.4, -0.2) is 17.8 Å². The van der Waals surface area contributed by atoms with Crippen molar-refractivity contribution in [1.29, 1.82) is 0 Å². The number of para-hydroxylation sites is 3. The van der Waals surface area contributed by atoms with Crippen LogP contribution in [0.4, 0.5) is 0 Å². The molecular weight excluding hydrogens is 1310 g/mol. The van der Waals surface area contributed by atoms with E-state index in [-0.39, 0.29) is 27.6 Å². The SMILES string of the molecule is CC(C)c1c2ccc3c4c(ccc(c24)c2c1c1cccc4c5ccccc5n2c41)c(C(C)C)c1c2cccc4c5ccc(CC(C)(C)c6ccc(-n7c8ccc(C(C)(C)C)cc8c8c9ccccc9c9c(c%10ccccc%10c%10c%11cc(C(C)(C)C)cc%12c%13cc(C(C)(C)C)ccc%13n(c%12%11)c%109)c87)cc6)cc5n(c42)c31. The molecule has 0 unspecified atom stereocenters. The zero-order chi connectivity index (χ0) is 73.3. The highest BCUT2D eigenvalue weighted by molar-refractivity contribution is 6.46. The Morgan fingerprint density at radius 2 is 0.639 bits per heavy atom. The third-order valence-electron chi connectivity index (χ3n) is 26.3. The lowest BCUT2D eigenvalue weighted by Gasteiger charge is -2.26. The van der Waals surface area contributed by atoms with Crippen LogP contribution in [0.2, 0.25) is 0 Å². The van der Waals surface area contributed by atoms with Gasteiger partial charge in [0.05, 0.1) is 60.7 Å². The molecule has 7 aromatic heterocycles. The number of hydrogen-bond acceptors (Lipinski definition) is 0. The van der Waals surface area contributed by atoms with Crippen LogP contribution in [0.15, 0.2) is 224 Å². The van der Waals surface area contributed by atoms with Crippen LogP contribution in [-0.2, 0) is 28.1 Å². The summed E-state index contributed by atoms with van der Waals surface area (Å²) >= 11 is 0. The van der Waals surface area contributed by atoms with E-state index in [0.29, 0.717) is 5.92 Å². The van der Waals surface area contributed by atoms with E-state index in [4.69, 9.17) is 0 Å². The van der Waals surface area contributed by atoms with Gasteiger partial charge in [-0.05, 0) is 183 Å². The average Bonchev–Trinajstić information content (AvgIpc) is 1.48. The number of nitrogens with zero attached hydrogens (tertiary/aromatic N) is 4. The first-order valence-electron chi connectivity index (χ1n) is 39.5. The van der Waals surface area contributed by atoms with Gasteiger partial charge in [-0.15, -0.1) is 0 Å². The Bertz CT molecular complexity index is 7940. The maximum Gasteiger partial charge on any atom is 0.0633 e. The van der Waals surface area contributed by atoms with Gasteiger partial charge in [0.2, 0.25) is 0 Å². The summed E-state index contributed by atoms with van der Waals surface area (Å²) in [4.78, 5) is 0. The Morgan fingerprint density at radius 1 is 0.241 bits per heavy atom. The minimum absolute atomic E-state index is 0.00880. The van der Waals surface area contributed by atoms with Crippen molar-refractivity contribution < 1.29 is 0 Å². The smallest absolute Gasteiger partial charge is 0.0633 e. The molecule has 0 aliphatic rings. The summed E-state index contributed by atoms with van der Waals surface area (Å²) in [6.07, 6.45) is 0.864. The normalized spacial score (nSPS) is 13.7. The van der Waals surface area contributed by atoms with E-state index < -0.39 is 0 Å². The van der Waals surface area contributed by atoms with E-state index >= 15 is 0 Å². The van der Waals surface area contributed by atoms with Crippen LogP contribution in [0.25, 0.3) is 206 Å². The first-order chi connectivity index (χ1) is 51.9. The maximum absolute atomic E-state index is 2.71. The minimum Gasteiger partial charge on any atom is -0.309 e. The molecule has 7 heterocycles. The summed E-state index contributed by atoms with van der Waals surface area (Å²) in [5.74, 6) is 0.574. The molecule has 0 fully saturated rings. The number of benzene rings is 16. The predicted octanol–water partition coefficient (Wildman–Crippen LogP) is 29.3. The third kappa shape index (κ3) is 7.81. The molecule has 16 aromatic carbocycles. The fourth-order valence-electron chi connectivity index (χ4n) is 21.5. The Labute approximate surface area is 627 Å². The fourth-order valence-corrected chi connectivity index (χ4v) is 21.5. The van der Waals surface area contributed by atoms with E-state index in [1.807, 2.05) is 0 Å². The average molecular weight is 1390 g/mol. The van der Waals surface area contributed by atoms with Crippen LogP contribution < -0.4 is 0 Å². The number of hydrogen-bond donors (Lipinski definition) is 0. The molecule has 0 amide bonds. The second-order valence-corrected chi connectivity index (χ2v) is 36.8. The highest BCUT2D eigenvalue weighted by Gasteiger charge is 2.34. The number of fused-ring (bicyclic) bond motifs is 32. The molecule has 0 bridgehead atoms. The minimum atomic E-state index is -0.232. The monoisotopic (exact) mass is 1390 g/mol. The molecule has 23 rings (SSSR count). The molecular formula is C104H86N4. The Kier molecular flexibility index (Phi) is 12.0. The zero-order valence-electron chi connectivity index (χ0n) is 64.5. The van der Waals surface area contributed by atoms with Gasteiger partial charge < -0.3 is 17.8 Å². The summed E-state index contributed by atoms with van der Waals surface area (Å²) in [6, 6.07) is 88.9. The first kappa shape index (κ1) is 62.7. The maximum atomic E-state index is 2.71. The lowest BCUT2D eigenvalue weighted by atomic mass is 9.79. The van der Waals surface area contributed by atoms with Gasteiger partial charge in [0, 0.05) is 103 Å². The van der Waals surface area contributed by atoms with Gasteiger partial charge >= 0.3 is 0 Å². The molecule has 0 radical (unpaired) electrons. The van der Waals surface area contributed by atoms with Crippen molar-refractivity contribution in [3.8, 4) is 5.69 Å². The van der Waals surface area contributed by atoms with Gasteiger partial charge in [0.15, 0.2) is 0 Å². The predicted molar refractivity (Wildman–Crippen MR) is 468 cm³/mol. The van der Waals surface area contributed by atoms with E-state index in [1.165, 1.54) is 240 Å². The van der Waals surface area contributed by atoms with Crippen LogP contribution in [0, 0.1) is 0 Å². The number of aromatic nitrogens is 4. The lowest BCUT2D eigenvalue weighted by molar-refractivity contribution is 0.522. The van der Waals surface area contributed by atoms with E-state index in [0.717, 1.165) is 12.1 Å². The second-order valence-electron chi connectivity index (χ2n) is 36.8. The Hall–Kier alpha value is -11.5. The molecule has 4 nitrogen and oxygen atoms in total. The largest absolute Gasteiger partial charge is 0.309 e. The van der Waals surface area contributed by atoms with Crippen molar-refractivity contribution in [2.45, 2.75) is 144 Å². The van der Waals surface area contributed by atoms with Crippen LogP contribution >= 0.6 is 0 Å². The van der Waals surface area contributed by atoms with Gasteiger partial charge in [-0.1, -0.05) is 268 Å². The summed E-state index contributed by atoms with van der Waals surface area (Å²) in [7, 11) is 0. The Balaban J connectivity index is 0.733. The molecule has 0 atom stereocenters. The fraction of sp³-hybridized carbons (Fsp3) is 0.212. The van der Waals surface area contributed by atoms with Gasteiger partial charge in [0.1, 0.15) is 0 Å². The highest BCUT2D eigenvalue weighted by atomic mass is 15.0. The highest BCUT2D eigenvalue weighted by Crippen LogP contribution is 2.57. The molecule has 0 N–H and O–H groups in total. The van der Waals surface area contributed by atoms with Crippen LogP contribution in [0.3, 0.4) is 0 Å². The molecule has 23 aromatic rings. The quantitative estimate of drug-likeness (QED) is 0.148. The van der Waals surface area contributed by atoms with Crippen molar-refractivity contribution in [2.24, 2.45) is 0 Å². The molecule has 0 spiro atoms. The van der Waals surface area contributed by atoms with Gasteiger partial charge in [-0.3, -0.25) is 0 Å². The molecule has 108 heavy (non-hydrogen) atoms. The molecule has 522 valence electrons. The van der Waals surface area contributed by atoms with E-state index in [9.17, 15) is 0 Å². The molecule has 4 heteroatoms. The zero-order valence-corrected chi connectivity index (χ0v) is 64.5. The summed E-state index contributed by atoms with van der Waals surface area (Å²) in [5.41, 5.74) is 24.6. The van der Waals surface area contributed by atoms with Gasteiger partial charge in [-0.25, -0.2) is 0 Å². The molecule has 0 aliphatic heterocycles. The van der Waals surface area contributed by atoms with Crippen molar-refractivity contribution in [2.75, 3.05) is 0 Å². The lowest BCUT2D eigenvalue weighted by Crippen LogP contribution is -2.20. The second kappa shape index (κ2) is 20.6. The molecule has 0 aliphatic carbocycles. The van der Waals surface area contributed by atoms with Crippen molar-refractivity contribution >= 4 is 201 Å². The first-order valence-corrected chi connectivity index (χ1v) is 39.5. The standard InChI is InChI=1S/C104H86N4/c1-54(2)84-70-43-45-75-87-71(42-44-74(86(70)87)97-92(84)72-31-22-29-68-62-24-20-21-33-80(62)106(97)94(68)72)85(55(3)4)93-73-32-23-30-69-63-41-34-56(48-83(63)108(95(69)73)98(75)93)53-104(14,15)57-35-39-61(40-36-57)105-82-47-38-59(102(8,9)10)50-78(82)88-64-25-16-18-27-66(64)91-90(99(88)105)67-28-19-17-26-65(67)89-79-52-60(103(11,12)13)51-77-76-49-58(101(5,6)7)37-46-81(76)107(96(77)79)100(89)91/h16-52,54-55H,53H2,1-15H3. The van der Waals surface area contributed by atoms with Crippen molar-refractivity contribution in [3.63, 3.8) is 0 Å². The van der Waals surface area contributed by atoms with Gasteiger partial charge in [-0.2, -0.15) is 0 Å². The Morgan fingerprint density at radius 3 is 1.20 bits per heavy atom. The van der Waals surface area contributed by atoms with E-state index in [2.05, 4.69) is 346 Å². The topological polar surface area (TPSA) is 18.2 Å². The van der Waals surface area contributed by atoms with Gasteiger partial charge in [0.25, 0.3) is 0 Å². The van der Waals surface area contributed by atoms with Crippen molar-refractivity contribution in [3.05, 3.63) is 263 Å². The van der Waals surface area contributed by atoms with Crippen LogP contribution in [0.1, 0.15) is 155 Å². The van der Waals surface area contributed by atoms with Crippen LogP contribution in [0.5, 0.6) is 0 Å². The molecule has 0 saturated heterocycles. The van der Waals surface area contributed by atoms with E-state index in [1.54, 1.807) is 0 Å². The number of rotatable bonds is 6. The third-order valence-corrected chi connectivity index (χ3v) is 26.3.